The molecule has 0 saturated carbocycles. The van der Waals surface area contributed by atoms with Crippen LogP contribution in [0.3, 0.4) is 0 Å². The van der Waals surface area contributed by atoms with Crippen molar-refractivity contribution in [3.63, 3.8) is 0 Å². The lowest BCUT2D eigenvalue weighted by Crippen LogP contribution is -2.45. The van der Waals surface area contributed by atoms with Gasteiger partial charge in [-0.05, 0) is 18.5 Å². The molecule has 23 heavy (non-hydrogen) atoms. The Bertz CT molecular complexity index is 586. The second kappa shape index (κ2) is 7.29. The fourth-order valence-electron chi connectivity index (χ4n) is 2.62. The Balaban J connectivity index is 1.91. The molecule has 0 bridgehead atoms. The molecule has 0 amide bonds. The van der Waals surface area contributed by atoms with E-state index in [0.29, 0.717) is 44.9 Å². The zero-order valence-electron chi connectivity index (χ0n) is 13.2. The number of hydrogen-bond acceptors (Lipinski definition) is 8. The first-order valence-corrected chi connectivity index (χ1v) is 7.90. The molecule has 2 fully saturated rings. The van der Waals surface area contributed by atoms with E-state index >= 15 is 0 Å². The highest BCUT2D eigenvalue weighted by molar-refractivity contribution is 6.28. The molecule has 126 valence electrons. The van der Waals surface area contributed by atoms with Crippen LogP contribution < -0.4 is 9.80 Å². The minimum atomic E-state index is 0.173. The highest BCUT2D eigenvalue weighted by Crippen LogP contribution is 2.23. The predicted octanol–water partition coefficient (Wildman–Crippen LogP) is 1.07. The Morgan fingerprint density at radius 3 is 2.74 bits per heavy atom. The SMILES string of the molecule is CO/C=C1\COCCN1c1nc(Cl)nc(N2CCOC[C@H]2C)n1. The molecule has 0 spiro atoms. The standard InChI is InChI=1S/C14H20ClN5O3/c1-10-7-22-5-3-19(10)13-16-12(15)17-14(18-13)20-4-6-23-9-11(20)8-21-2/h8,10H,3-7,9H2,1-2H3/b11-8+/t10-/m1/s1. The van der Waals surface area contributed by atoms with Gasteiger partial charge in [0.2, 0.25) is 17.2 Å². The number of aromatic nitrogens is 3. The molecule has 0 N–H and O–H groups in total. The third kappa shape index (κ3) is 3.65. The molecule has 0 unspecified atom stereocenters. The van der Waals surface area contributed by atoms with Gasteiger partial charge in [0.25, 0.3) is 0 Å². The average molecular weight is 342 g/mol. The summed E-state index contributed by atoms with van der Waals surface area (Å²) in [7, 11) is 1.60. The Hall–Kier alpha value is -1.64. The maximum absolute atomic E-state index is 6.13. The van der Waals surface area contributed by atoms with E-state index in [1.165, 1.54) is 0 Å². The van der Waals surface area contributed by atoms with E-state index in [1.807, 2.05) is 4.90 Å². The fraction of sp³-hybridized carbons (Fsp3) is 0.643. The van der Waals surface area contributed by atoms with Gasteiger partial charge in [-0.25, -0.2) is 0 Å². The zero-order valence-corrected chi connectivity index (χ0v) is 14.0. The summed E-state index contributed by atoms with van der Waals surface area (Å²) >= 11 is 6.13. The lowest BCUT2D eigenvalue weighted by Gasteiger charge is -2.34. The van der Waals surface area contributed by atoms with Gasteiger partial charge in [0, 0.05) is 13.1 Å². The highest BCUT2D eigenvalue weighted by atomic mass is 35.5. The smallest absolute Gasteiger partial charge is 0.236 e. The monoisotopic (exact) mass is 341 g/mol. The third-order valence-corrected chi connectivity index (χ3v) is 3.93. The van der Waals surface area contributed by atoms with Crippen molar-refractivity contribution < 1.29 is 14.2 Å². The van der Waals surface area contributed by atoms with Gasteiger partial charge < -0.3 is 24.0 Å². The summed E-state index contributed by atoms with van der Waals surface area (Å²) < 4.78 is 16.0. The number of morpholine rings is 2. The Labute approximate surface area is 140 Å². The van der Waals surface area contributed by atoms with Gasteiger partial charge in [0.05, 0.1) is 45.3 Å². The van der Waals surface area contributed by atoms with Crippen LogP contribution in [0.15, 0.2) is 12.0 Å². The van der Waals surface area contributed by atoms with Crippen LogP contribution in [-0.2, 0) is 14.2 Å². The maximum atomic E-state index is 6.13. The predicted molar refractivity (Wildman–Crippen MR) is 85.7 cm³/mol. The molecule has 8 nitrogen and oxygen atoms in total. The van der Waals surface area contributed by atoms with E-state index in [2.05, 4.69) is 26.8 Å². The molecular weight excluding hydrogens is 322 g/mol. The number of hydrogen-bond donors (Lipinski definition) is 0. The number of nitrogens with zero attached hydrogens (tertiary/aromatic N) is 5. The highest BCUT2D eigenvalue weighted by Gasteiger charge is 2.26. The van der Waals surface area contributed by atoms with Crippen molar-refractivity contribution in [1.82, 2.24) is 15.0 Å². The van der Waals surface area contributed by atoms with E-state index in [0.717, 1.165) is 12.2 Å². The van der Waals surface area contributed by atoms with Crippen LogP contribution in [0, 0.1) is 0 Å². The molecule has 2 aliphatic rings. The van der Waals surface area contributed by atoms with Crippen LogP contribution in [0.5, 0.6) is 0 Å². The number of methoxy groups -OCH3 is 1. The summed E-state index contributed by atoms with van der Waals surface area (Å²) in [6.07, 6.45) is 1.63. The van der Waals surface area contributed by atoms with Gasteiger partial charge in [0.15, 0.2) is 0 Å². The zero-order chi connectivity index (χ0) is 16.2. The van der Waals surface area contributed by atoms with Crippen LogP contribution in [0.25, 0.3) is 0 Å². The normalized spacial score (nSPS) is 24.1. The minimum Gasteiger partial charge on any atom is -0.502 e. The minimum absolute atomic E-state index is 0.173. The number of halogens is 1. The van der Waals surface area contributed by atoms with E-state index in [9.17, 15) is 0 Å². The van der Waals surface area contributed by atoms with E-state index in [-0.39, 0.29) is 11.3 Å². The molecule has 1 atom stereocenters. The molecule has 3 rings (SSSR count). The van der Waals surface area contributed by atoms with E-state index in [4.69, 9.17) is 25.8 Å². The Kier molecular flexibility index (Phi) is 5.14. The van der Waals surface area contributed by atoms with Crippen LogP contribution in [0.1, 0.15) is 6.92 Å². The van der Waals surface area contributed by atoms with Crippen molar-refractivity contribution in [3.05, 3.63) is 17.2 Å². The summed E-state index contributed by atoms with van der Waals surface area (Å²) in [4.78, 5) is 17.2. The summed E-state index contributed by atoms with van der Waals surface area (Å²) in [6.45, 7) is 5.76. The number of ether oxygens (including phenoxy) is 3. The molecule has 9 heteroatoms. The molecule has 0 aliphatic carbocycles. The summed E-state index contributed by atoms with van der Waals surface area (Å²) in [5, 5.41) is 0.173. The van der Waals surface area contributed by atoms with Gasteiger partial charge in [-0.15, -0.1) is 0 Å². The number of anilines is 2. The van der Waals surface area contributed by atoms with Crippen molar-refractivity contribution in [3.8, 4) is 0 Å². The van der Waals surface area contributed by atoms with Gasteiger partial charge >= 0.3 is 0 Å². The molecule has 0 radical (unpaired) electrons. The second-order valence-electron chi connectivity index (χ2n) is 5.37. The van der Waals surface area contributed by atoms with Crippen LogP contribution in [-0.4, -0.2) is 67.6 Å². The van der Waals surface area contributed by atoms with Crippen molar-refractivity contribution in [1.29, 1.82) is 0 Å². The lowest BCUT2D eigenvalue weighted by molar-refractivity contribution is 0.0980. The van der Waals surface area contributed by atoms with Crippen molar-refractivity contribution >= 4 is 23.5 Å². The van der Waals surface area contributed by atoms with Crippen molar-refractivity contribution in [2.75, 3.05) is 56.4 Å². The van der Waals surface area contributed by atoms with Gasteiger partial charge in [-0.2, -0.15) is 15.0 Å². The first-order chi connectivity index (χ1) is 11.2. The molecule has 3 heterocycles. The summed E-state index contributed by atoms with van der Waals surface area (Å²) in [5.74, 6) is 1.07. The molecular formula is C14H20ClN5O3. The Morgan fingerprint density at radius 1 is 1.17 bits per heavy atom. The Morgan fingerprint density at radius 2 is 1.96 bits per heavy atom. The van der Waals surface area contributed by atoms with Crippen molar-refractivity contribution in [2.24, 2.45) is 0 Å². The van der Waals surface area contributed by atoms with Crippen molar-refractivity contribution in [2.45, 2.75) is 13.0 Å². The molecule has 1 aromatic rings. The first-order valence-electron chi connectivity index (χ1n) is 7.52. The quantitative estimate of drug-likeness (QED) is 0.756. The summed E-state index contributed by atoms with van der Waals surface area (Å²) in [5.41, 5.74) is 0.849. The number of rotatable bonds is 3. The second-order valence-corrected chi connectivity index (χ2v) is 5.71. The molecule has 0 aromatic carbocycles. The van der Waals surface area contributed by atoms with Gasteiger partial charge in [-0.1, -0.05) is 0 Å². The van der Waals surface area contributed by atoms with Crippen LogP contribution >= 0.6 is 11.6 Å². The first kappa shape index (κ1) is 16.2. The average Bonchev–Trinajstić information content (AvgIpc) is 2.55. The van der Waals surface area contributed by atoms with Gasteiger partial charge in [0.1, 0.15) is 6.26 Å². The largest absolute Gasteiger partial charge is 0.502 e. The van der Waals surface area contributed by atoms with E-state index in [1.54, 1.807) is 13.4 Å². The molecule has 2 aliphatic heterocycles. The van der Waals surface area contributed by atoms with Gasteiger partial charge in [-0.3, -0.25) is 0 Å². The summed E-state index contributed by atoms with van der Waals surface area (Å²) in [6, 6.07) is 0.189. The van der Waals surface area contributed by atoms with Crippen LogP contribution in [0.2, 0.25) is 5.28 Å². The lowest BCUT2D eigenvalue weighted by atomic mass is 10.3. The van der Waals surface area contributed by atoms with E-state index < -0.39 is 0 Å². The van der Waals surface area contributed by atoms with Crippen LogP contribution in [0.4, 0.5) is 11.9 Å². The maximum Gasteiger partial charge on any atom is 0.236 e. The fourth-order valence-corrected chi connectivity index (χ4v) is 2.77. The molecule has 1 aromatic heterocycles. The third-order valence-electron chi connectivity index (χ3n) is 3.76. The molecule has 2 saturated heterocycles. The topological polar surface area (TPSA) is 72.8 Å².